The molecule has 0 aliphatic heterocycles. The average molecular weight is 194 g/mol. The summed E-state index contributed by atoms with van der Waals surface area (Å²) in [6.07, 6.45) is 1.76. The lowest BCUT2D eigenvalue weighted by atomic mass is 10.5. The van der Waals surface area contributed by atoms with Crippen LogP contribution >= 0.6 is 11.3 Å². The van der Waals surface area contributed by atoms with Gasteiger partial charge in [-0.2, -0.15) is 0 Å². The van der Waals surface area contributed by atoms with Gasteiger partial charge in [0, 0.05) is 0 Å². The maximum Gasteiger partial charge on any atom is 0.236 e. The predicted octanol–water partition coefficient (Wildman–Crippen LogP) is 2.12. The fraction of sp³-hybridized carbons (Fsp3) is 0.222. The van der Waals surface area contributed by atoms with Gasteiger partial charge in [0.25, 0.3) is 0 Å². The number of nitrogens with one attached hydrogen (secondary N) is 1. The largest absolute Gasteiger partial charge is 0.439 e. The highest BCUT2D eigenvalue weighted by molar-refractivity contribution is 7.13. The fourth-order valence-corrected chi connectivity index (χ4v) is 1.73. The number of hydrogen-bond acceptors (Lipinski definition) is 4. The van der Waals surface area contributed by atoms with E-state index in [2.05, 4.69) is 10.3 Å². The van der Waals surface area contributed by atoms with Gasteiger partial charge in [0.2, 0.25) is 5.89 Å². The van der Waals surface area contributed by atoms with Gasteiger partial charge in [-0.15, -0.1) is 11.3 Å². The summed E-state index contributed by atoms with van der Waals surface area (Å²) in [4.78, 5) is 5.25. The molecule has 13 heavy (non-hydrogen) atoms. The van der Waals surface area contributed by atoms with Gasteiger partial charge in [-0.25, -0.2) is 4.98 Å². The molecule has 0 aliphatic rings. The normalized spacial score (nSPS) is 10.5. The van der Waals surface area contributed by atoms with E-state index >= 15 is 0 Å². The number of hydrogen-bond donors (Lipinski definition) is 1. The zero-order valence-electron chi connectivity index (χ0n) is 7.28. The molecule has 0 unspecified atom stereocenters. The van der Waals surface area contributed by atoms with Crippen LogP contribution in [0.3, 0.4) is 0 Å². The van der Waals surface area contributed by atoms with E-state index in [0.29, 0.717) is 5.89 Å². The zero-order valence-corrected chi connectivity index (χ0v) is 8.10. The van der Waals surface area contributed by atoms with Crippen molar-refractivity contribution < 1.29 is 4.42 Å². The van der Waals surface area contributed by atoms with Crippen LogP contribution in [0.2, 0.25) is 0 Å². The Bertz CT molecular complexity index is 367. The molecule has 0 saturated heterocycles. The van der Waals surface area contributed by atoms with Crippen LogP contribution in [0.25, 0.3) is 10.8 Å². The van der Waals surface area contributed by atoms with Crippen molar-refractivity contribution in [3.05, 3.63) is 29.5 Å². The molecule has 4 heteroatoms. The van der Waals surface area contributed by atoms with E-state index in [0.717, 1.165) is 17.2 Å². The van der Waals surface area contributed by atoms with E-state index in [1.54, 1.807) is 17.5 Å². The molecule has 0 radical (unpaired) electrons. The standard InChI is InChI=1S/C9H10N2OS/c1-10-5-7-6-11-9(12-7)8-3-2-4-13-8/h2-4,6,10H,5H2,1H3. The lowest BCUT2D eigenvalue weighted by molar-refractivity contribution is 0.504. The highest BCUT2D eigenvalue weighted by Crippen LogP contribution is 2.23. The first-order valence-corrected chi connectivity index (χ1v) is 4.91. The minimum atomic E-state index is 0.709. The molecule has 0 atom stereocenters. The van der Waals surface area contributed by atoms with E-state index < -0.39 is 0 Å². The summed E-state index contributed by atoms with van der Waals surface area (Å²) in [6.45, 7) is 0.721. The summed E-state index contributed by atoms with van der Waals surface area (Å²) in [5, 5.41) is 5.02. The van der Waals surface area contributed by atoms with Crippen molar-refractivity contribution in [2.45, 2.75) is 6.54 Å². The first-order valence-electron chi connectivity index (χ1n) is 4.03. The molecule has 68 valence electrons. The molecule has 1 N–H and O–H groups in total. The second-order valence-electron chi connectivity index (χ2n) is 2.64. The molecule has 3 nitrogen and oxygen atoms in total. The molecular formula is C9H10N2OS. The Morgan fingerprint density at radius 3 is 3.23 bits per heavy atom. The fourth-order valence-electron chi connectivity index (χ4n) is 1.08. The van der Waals surface area contributed by atoms with Gasteiger partial charge in [-0.1, -0.05) is 6.07 Å². The highest BCUT2D eigenvalue weighted by Gasteiger charge is 2.05. The first kappa shape index (κ1) is 8.47. The summed E-state index contributed by atoms with van der Waals surface area (Å²) < 4.78 is 5.51. The molecule has 2 rings (SSSR count). The second-order valence-corrected chi connectivity index (χ2v) is 3.59. The van der Waals surface area contributed by atoms with Crippen molar-refractivity contribution in [3.63, 3.8) is 0 Å². The van der Waals surface area contributed by atoms with Crippen LogP contribution in [0.4, 0.5) is 0 Å². The Morgan fingerprint density at radius 1 is 1.62 bits per heavy atom. The van der Waals surface area contributed by atoms with Gasteiger partial charge in [-0.05, 0) is 18.5 Å². The van der Waals surface area contributed by atoms with Gasteiger partial charge in [0.1, 0.15) is 5.76 Å². The molecule has 0 aliphatic carbocycles. The first-order chi connectivity index (χ1) is 6.40. The van der Waals surface area contributed by atoms with Crippen LogP contribution in [-0.4, -0.2) is 12.0 Å². The van der Waals surface area contributed by atoms with Crippen molar-refractivity contribution in [3.8, 4) is 10.8 Å². The van der Waals surface area contributed by atoms with Crippen molar-refractivity contribution in [2.24, 2.45) is 0 Å². The van der Waals surface area contributed by atoms with Gasteiger partial charge in [0.15, 0.2) is 0 Å². The maximum atomic E-state index is 5.51. The molecule has 2 aromatic rings. The SMILES string of the molecule is CNCc1cnc(-c2cccs2)o1. The van der Waals surface area contributed by atoms with E-state index in [-0.39, 0.29) is 0 Å². The third-order valence-electron chi connectivity index (χ3n) is 1.64. The second kappa shape index (κ2) is 3.72. The molecule has 0 amide bonds. The lowest BCUT2D eigenvalue weighted by Crippen LogP contribution is -2.03. The highest BCUT2D eigenvalue weighted by atomic mass is 32.1. The zero-order chi connectivity index (χ0) is 9.10. The smallest absolute Gasteiger partial charge is 0.236 e. The van der Waals surface area contributed by atoms with Crippen LogP contribution in [0.5, 0.6) is 0 Å². The van der Waals surface area contributed by atoms with Crippen LogP contribution in [-0.2, 0) is 6.54 Å². The summed E-state index contributed by atoms with van der Waals surface area (Å²) in [5.74, 6) is 1.58. The van der Waals surface area contributed by atoms with Crippen LogP contribution in [0.1, 0.15) is 5.76 Å². The minimum absolute atomic E-state index is 0.709. The molecule has 0 bridgehead atoms. The van der Waals surface area contributed by atoms with Crippen molar-refractivity contribution in [1.82, 2.24) is 10.3 Å². The summed E-state index contributed by atoms with van der Waals surface area (Å²) in [5.41, 5.74) is 0. The van der Waals surface area contributed by atoms with Gasteiger partial charge in [-0.3, -0.25) is 0 Å². The quantitative estimate of drug-likeness (QED) is 0.813. The number of thiophene rings is 1. The Morgan fingerprint density at radius 2 is 2.54 bits per heavy atom. The number of rotatable bonds is 3. The third-order valence-corrected chi connectivity index (χ3v) is 2.49. The molecular weight excluding hydrogens is 184 g/mol. The van der Waals surface area contributed by atoms with Crippen LogP contribution in [0.15, 0.2) is 28.1 Å². The molecule has 2 aromatic heterocycles. The summed E-state index contributed by atoms with van der Waals surface area (Å²) in [6, 6.07) is 3.99. The molecule has 2 heterocycles. The Balaban J connectivity index is 2.23. The van der Waals surface area contributed by atoms with E-state index in [9.17, 15) is 0 Å². The average Bonchev–Trinajstić information content (AvgIpc) is 2.70. The van der Waals surface area contributed by atoms with Gasteiger partial charge >= 0.3 is 0 Å². The molecule has 0 saturated carbocycles. The van der Waals surface area contributed by atoms with Gasteiger partial charge in [0.05, 0.1) is 17.6 Å². The van der Waals surface area contributed by atoms with Crippen molar-refractivity contribution >= 4 is 11.3 Å². The van der Waals surface area contributed by atoms with E-state index in [1.165, 1.54) is 0 Å². The lowest BCUT2D eigenvalue weighted by Gasteiger charge is -1.91. The Kier molecular flexibility index (Phi) is 2.42. The number of oxazole rings is 1. The summed E-state index contributed by atoms with van der Waals surface area (Å²) in [7, 11) is 1.88. The minimum Gasteiger partial charge on any atom is -0.439 e. The molecule has 0 aromatic carbocycles. The Hall–Kier alpha value is -1.13. The van der Waals surface area contributed by atoms with Crippen LogP contribution < -0.4 is 5.32 Å². The van der Waals surface area contributed by atoms with Crippen LogP contribution in [0, 0.1) is 0 Å². The van der Waals surface area contributed by atoms with E-state index in [1.807, 2.05) is 24.6 Å². The molecule has 0 fully saturated rings. The number of nitrogens with zero attached hydrogens (tertiary/aromatic N) is 1. The van der Waals surface area contributed by atoms with E-state index in [4.69, 9.17) is 4.42 Å². The Labute approximate surface area is 80.4 Å². The van der Waals surface area contributed by atoms with Gasteiger partial charge < -0.3 is 9.73 Å². The molecule has 0 spiro atoms. The summed E-state index contributed by atoms with van der Waals surface area (Å²) >= 11 is 1.63. The third kappa shape index (κ3) is 1.79. The monoisotopic (exact) mass is 194 g/mol. The predicted molar refractivity (Wildman–Crippen MR) is 52.6 cm³/mol. The van der Waals surface area contributed by atoms with Crippen molar-refractivity contribution in [1.29, 1.82) is 0 Å². The number of aromatic nitrogens is 1. The van der Waals surface area contributed by atoms with Crippen molar-refractivity contribution in [2.75, 3.05) is 7.05 Å². The maximum absolute atomic E-state index is 5.51. The topological polar surface area (TPSA) is 38.1 Å².